The molecule has 3 fully saturated rings. The van der Waals surface area contributed by atoms with Crippen molar-refractivity contribution < 1.29 is 19.1 Å². The van der Waals surface area contributed by atoms with E-state index in [-0.39, 0.29) is 29.2 Å². The van der Waals surface area contributed by atoms with Gasteiger partial charge >= 0.3 is 5.97 Å². The van der Waals surface area contributed by atoms with E-state index in [4.69, 9.17) is 4.74 Å². The molecule has 2 aliphatic carbocycles. The van der Waals surface area contributed by atoms with Crippen molar-refractivity contribution in [3.63, 3.8) is 0 Å². The maximum absolute atomic E-state index is 12.9. The summed E-state index contributed by atoms with van der Waals surface area (Å²) in [6.45, 7) is 4.00. The van der Waals surface area contributed by atoms with E-state index in [9.17, 15) is 14.4 Å². The predicted octanol–water partition coefficient (Wildman–Crippen LogP) is 3.09. The second kappa shape index (κ2) is 8.42. The van der Waals surface area contributed by atoms with Crippen LogP contribution in [0.3, 0.4) is 0 Å². The van der Waals surface area contributed by atoms with Crippen LogP contribution in [0.25, 0.3) is 0 Å². The standard InChI is InChI=1S/C22H36N2O4/c1-21(2)11-7-15(19(26)24-21)13-17(20(27)28-3)23-18(25)16-8-12-22(14-16)9-5-4-6-10-22/h15-17H,4-14H2,1-3H3,(H,23,25)(H,24,26)/t15?,16?,17-/m0/s1. The highest BCUT2D eigenvalue weighted by atomic mass is 16.5. The fourth-order valence-electron chi connectivity index (χ4n) is 5.51. The minimum absolute atomic E-state index is 0.0237. The van der Waals surface area contributed by atoms with Gasteiger partial charge in [-0.25, -0.2) is 4.79 Å². The van der Waals surface area contributed by atoms with Crippen LogP contribution in [0, 0.1) is 17.3 Å². The lowest BCUT2D eigenvalue weighted by atomic mass is 9.72. The first kappa shape index (κ1) is 21.1. The molecule has 28 heavy (non-hydrogen) atoms. The first-order valence-corrected chi connectivity index (χ1v) is 10.9. The smallest absolute Gasteiger partial charge is 0.328 e. The SMILES string of the molecule is COC(=O)[C@H](CC1CCC(C)(C)NC1=O)NC(=O)C1CCC2(CCCCC2)C1. The summed E-state index contributed by atoms with van der Waals surface area (Å²) in [6.07, 6.45) is 11.1. The summed E-state index contributed by atoms with van der Waals surface area (Å²) in [7, 11) is 1.33. The lowest BCUT2D eigenvalue weighted by Crippen LogP contribution is -2.53. The van der Waals surface area contributed by atoms with Gasteiger partial charge in [-0.3, -0.25) is 9.59 Å². The summed E-state index contributed by atoms with van der Waals surface area (Å²) in [6, 6.07) is -0.752. The zero-order chi connectivity index (χ0) is 20.4. The van der Waals surface area contributed by atoms with Gasteiger partial charge in [0, 0.05) is 17.4 Å². The Hall–Kier alpha value is -1.59. The third-order valence-corrected chi connectivity index (χ3v) is 7.26. The van der Waals surface area contributed by atoms with Crippen molar-refractivity contribution in [1.82, 2.24) is 10.6 Å². The Kier molecular flexibility index (Phi) is 6.35. The highest BCUT2D eigenvalue weighted by Gasteiger charge is 2.43. The van der Waals surface area contributed by atoms with Crippen molar-refractivity contribution in [2.75, 3.05) is 7.11 Å². The molecule has 6 heteroatoms. The molecule has 0 radical (unpaired) electrons. The maximum atomic E-state index is 12.9. The number of ether oxygens (including phenoxy) is 1. The summed E-state index contributed by atoms with van der Waals surface area (Å²) in [5.41, 5.74) is 0.131. The Morgan fingerprint density at radius 3 is 2.50 bits per heavy atom. The van der Waals surface area contributed by atoms with Gasteiger partial charge in [0.1, 0.15) is 6.04 Å². The van der Waals surface area contributed by atoms with Crippen LogP contribution in [0.1, 0.15) is 84.5 Å². The molecule has 1 aliphatic heterocycles. The molecular formula is C22H36N2O4. The normalized spacial score (nSPS) is 29.8. The van der Waals surface area contributed by atoms with E-state index in [0.29, 0.717) is 11.8 Å². The molecule has 3 aliphatic rings. The molecule has 6 nitrogen and oxygen atoms in total. The van der Waals surface area contributed by atoms with E-state index in [2.05, 4.69) is 10.6 Å². The lowest BCUT2D eigenvalue weighted by Gasteiger charge is -2.36. The van der Waals surface area contributed by atoms with Crippen LogP contribution in [0.15, 0.2) is 0 Å². The van der Waals surface area contributed by atoms with Gasteiger partial charge in [-0.2, -0.15) is 0 Å². The van der Waals surface area contributed by atoms with E-state index in [0.717, 1.165) is 32.1 Å². The number of amides is 2. The third-order valence-electron chi connectivity index (χ3n) is 7.26. The summed E-state index contributed by atoms with van der Waals surface area (Å²) in [4.78, 5) is 37.6. The van der Waals surface area contributed by atoms with E-state index in [1.165, 1.54) is 39.2 Å². The summed E-state index contributed by atoms with van der Waals surface area (Å²) in [5, 5.41) is 5.94. The number of hydrogen-bond donors (Lipinski definition) is 2. The second-order valence-electron chi connectivity index (χ2n) is 9.93. The Bertz CT molecular complexity index is 610. The van der Waals surface area contributed by atoms with Crippen LogP contribution in [0.2, 0.25) is 0 Å². The third kappa shape index (κ3) is 4.87. The minimum Gasteiger partial charge on any atom is -0.467 e. The van der Waals surface area contributed by atoms with Crippen molar-refractivity contribution in [2.24, 2.45) is 17.3 Å². The molecule has 2 unspecified atom stereocenters. The average molecular weight is 393 g/mol. The second-order valence-corrected chi connectivity index (χ2v) is 9.93. The Balaban J connectivity index is 1.59. The summed E-state index contributed by atoms with van der Waals surface area (Å²) >= 11 is 0. The van der Waals surface area contributed by atoms with Crippen LogP contribution in [0.4, 0.5) is 0 Å². The van der Waals surface area contributed by atoms with Crippen LogP contribution >= 0.6 is 0 Å². The molecular weight excluding hydrogens is 356 g/mol. The van der Waals surface area contributed by atoms with Crippen molar-refractivity contribution in [1.29, 1.82) is 0 Å². The monoisotopic (exact) mass is 392 g/mol. The van der Waals surface area contributed by atoms with Crippen molar-refractivity contribution in [3.8, 4) is 0 Å². The molecule has 2 N–H and O–H groups in total. The fourth-order valence-corrected chi connectivity index (χ4v) is 5.51. The number of hydrogen-bond acceptors (Lipinski definition) is 4. The zero-order valence-electron chi connectivity index (χ0n) is 17.6. The molecule has 0 aromatic carbocycles. The average Bonchev–Trinajstić information content (AvgIpc) is 3.06. The molecule has 0 bridgehead atoms. The number of rotatable bonds is 5. The zero-order valence-corrected chi connectivity index (χ0v) is 17.6. The van der Waals surface area contributed by atoms with Gasteiger partial charge in [-0.15, -0.1) is 0 Å². The molecule has 0 aromatic rings. The van der Waals surface area contributed by atoms with Gasteiger partial charge in [0.25, 0.3) is 0 Å². The number of piperidine rings is 1. The van der Waals surface area contributed by atoms with E-state index in [1.54, 1.807) is 0 Å². The van der Waals surface area contributed by atoms with Crippen molar-refractivity contribution >= 4 is 17.8 Å². The first-order chi connectivity index (χ1) is 13.2. The van der Waals surface area contributed by atoms with Crippen LogP contribution in [-0.2, 0) is 19.1 Å². The number of carbonyl (C=O) groups is 3. The molecule has 158 valence electrons. The molecule has 1 heterocycles. The highest BCUT2D eigenvalue weighted by Crippen LogP contribution is 2.51. The fraction of sp³-hybridized carbons (Fsp3) is 0.864. The predicted molar refractivity (Wildman–Crippen MR) is 106 cm³/mol. The quantitative estimate of drug-likeness (QED) is 0.704. The van der Waals surface area contributed by atoms with Crippen LogP contribution in [-0.4, -0.2) is 36.5 Å². The number of carbonyl (C=O) groups excluding carboxylic acids is 3. The van der Waals surface area contributed by atoms with E-state index < -0.39 is 12.0 Å². The van der Waals surface area contributed by atoms with Crippen molar-refractivity contribution in [3.05, 3.63) is 0 Å². The molecule has 2 saturated carbocycles. The van der Waals surface area contributed by atoms with E-state index >= 15 is 0 Å². The molecule has 3 atom stereocenters. The van der Waals surface area contributed by atoms with Gasteiger partial charge < -0.3 is 15.4 Å². The number of methoxy groups -OCH3 is 1. The van der Waals surface area contributed by atoms with E-state index in [1.807, 2.05) is 13.8 Å². The molecule has 1 spiro atoms. The van der Waals surface area contributed by atoms with Crippen LogP contribution in [0.5, 0.6) is 0 Å². The van der Waals surface area contributed by atoms with Gasteiger partial charge in [-0.1, -0.05) is 19.3 Å². The summed E-state index contributed by atoms with van der Waals surface area (Å²) in [5.74, 6) is -0.845. The first-order valence-electron chi connectivity index (χ1n) is 10.9. The largest absolute Gasteiger partial charge is 0.467 e. The Morgan fingerprint density at radius 1 is 1.14 bits per heavy atom. The van der Waals surface area contributed by atoms with Crippen LogP contribution < -0.4 is 10.6 Å². The van der Waals surface area contributed by atoms with Gasteiger partial charge in [0.15, 0.2) is 0 Å². The van der Waals surface area contributed by atoms with Crippen molar-refractivity contribution in [2.45, 2.75) is 96.1 Å². The molecule has 2 amide bonds. The summed E-state index contributed by atoms with van der Waals surface area (Å²) < 4.78 is 4.92. The maximum Gasteiger partial charge on any atom is 0.328 e. The Morgan fingerprint density at radius 2 is 1.86 bits per heavy atom. The Labute approximate surface area is 168 Å². The highest BCUT2D eigenvalue weighted by molar-refractivity contribution is 5.87. The molecule has 1 saturated heterocycles. The minimum atomic E-state index is -0.752. The number of esters is 1. The van der Waals surface area contributed by atoms with Gasteiger partial charge in [-0.05, 0) is 70.6 Å². The lowest BCUT2D eigenvalue weighted by molar-refractivity contribution is -0.146. The number of nitrogens with one attached hydrogen (secondary N) is 2. The topological polar surface area (TPSA) is 84.5 Å². The van der Waals surface area contributed by atoms with Gasteiger partial charge in [0.2, 0.25) is 11.8 Å². The molecule has 3 rings (SSSR count). The van der Waals surface area contributed by atoms with Gasteiger partial charge in [0.05, 0.1) is 7.11 Å². The molecule has 0 aromatic heterocycles.